The summed E-state index contributed by atoms with van der Waals surface area (Å²) in [6, 6.07) is 9.40. The van der Waals surface area contributed by atoms with Crippen LogP contribution in [0.15, 0.2) is 47.4 Å². The fraction of sp³-hybridized carbons (Fsp3) is 0.357. The fourth-order valence-corrected chi connectivity index (χ4v) is 4.82. The van der Waals surface area contributed by atoms with Crippen molar-refractivity contribution >= 4 is 28.4 Å². The van der Waals surface area contributed by atoms with Crippen LogP contribution in [0.4, 0.5) is 10.1 Å². The smallest absolute Gasteiger partial charge is 0.200 e. The van der Waals surface area contributed by atoms with Crippen LogP contribution < -0.4 is 20.4 Å². The molecule has 5 rings (SSSR count). The zero-order valence-electron chi connectivity index (χ0n) is 20.3. The molecule has 1 unspecified atom stereocenters. The minimum atomic E-state index is -0.511. The second kappa shape index (κ2) is 9.30. The van der Waals surface area contributed by atoms with E-state index in [1.165, 1.54) is 19.3 Å². The third kappa shape index (κ3) is 4.48. The molecular weight excluding hydrogens is 445 g/mol. The Morgan fingerprint density at radius 3 is 2.63 bits per heavy atom. The van der Waals surface area contributed by atoms with E-state index in [4.69, 9.17) is 4.74 Å². The highest BCUT2D eigenvalue weighted by Crippen LogP contribution is 2.43. The van der Waals surface area contributed by atoms with Gasteiger partial charge in [-0.2, -0.15) is 0 Å². The minimum absolute atomic E-state index is 0.0396. The summed E-state index contributed by atoms with van der Waals surface area (Å²) in [7, 11) is 1.51. The molecular formula is C28H30FN3O3. The number of carbonyl (C=O) groups is 1. The minimum Gasteiger partial charge on any atom is -0.492 e. The second-order valence-electron chi connectivity index (χ2n) is 9.56. The van der Waals surface area contributed by atoms with Crippen molar-refractivity contribution in [3.8, 4) is 5.75 Å². The van der Waals surface area contributed by atoms with Crippen molar-refractivity contribution < 1.29 is 13.9 Å². The quantitative estimate of drug-likeness (QED) is 0.421. The topological polar surface area (TPSA) is 63.6 Å². The Hall–Kier alpha value is -3.45. The van der Waals surface area contributed by atoms with Crippen LogP contribution in [-0.4, -0.2) is 43.1 Å². The fourth-order valence-electron chi connectivity index (χ4n) is 4.82. The van der Waals surface area contributed by atoms with Gasteiger partial charge in [-0.15, -0.1) is 0 Å². The standard InChI is InChI=1S/C28H30FN3O3/c1-17-4-6-19(7-5-17)8-11-24(33)22-16-32(20-9-10-20)25-21(27(22)34)14-23(29)26(28(25)35-3)31-13-12-30-18(2)15-31/h4-8,11,14,16,18,20,30H,9-10,12-13,15H2,1-3H3/b11-8+. The molecule has 1 saturated carbocycles. The van der Waals surface area contributed by atoms with E-state index in [1.807, 2.05) is 40.7 Å². The Morgan fingerprint density at radius 2 is 1.97 bits per heavy atom. The van der Waals surface area contributed by atoms with Crippen LogP contribution in [0.5, 0.6) is 5.75 Å². The average Bonchev–Trinajstić information content (AvgIpc) is 3.68. The van der Waals surface area contributed by atoms with Crippen molar-refractivity contribution in [2.24, 2.45) is 0 Å². The summed E-state index contributed by atoms with van der Waals surface area (Å²) in [5, 5.41) is 3.54. The number of halogens is 1. The Morgan fingerprint density at radius 1 is 1.23 bits per heavy atom. The summed E-state index contributed by atoms with van der Waals surface area (Å²) in [6.45, 7) is 6.05. The summed E-state index contributed by atoms with van der Waals surface area (Å²) in [6.07, 6.45) is 6.61. The highest BCUT2D eigenvalue weighted by atomic mass is 19.1. The van der Waals surface area contributed by atoms with Crippen molar-refractivity contribution in [2.75, 3.05) is 31.6 Å². The molecule has 2 fully saturated rings. The number of nitrogens with one attached hydrogen (secondary N) is 1. The lowest BCUT2D eigenvalue weighted by Gasteiger charge is -2.35. The molecule has 0 spiro atoms. The molecule has 1 atom stereocenters. The zero-order chi connectivity index (χ0) is 24.7. The van der Waals surface area contributed by atoms with Crippen LogP contribution in [0.3, 0.4) is 0 Å². The molecule has 1 saturated heterocycles. The van der Waals surface area contributed by atoms with E-state index in [1.54, 1.807) is 12.3 Å². The van der Waals surface area contributed by atoms with Crippen LogP contribution in [0, 0.1) is 12.7 Å². The summed E-state index contributed by atoms with van der Waals surface area (Å²) in [5.41, 5.74) is 2.49. The molecule has 2 heterocycles. The maximum Gasteiger partial charge on any atom is 0.200 e. The summed E-state index contributed by atoms with van der Waals surface area (Å²) < 4.78 is 23.3. The first-order valence-corrected chi connectivity index (χ1v) is 12.1. The van der Waals surface area contributed by atoms with Crippen LogP contribution >= 0.6 is 0 Å². The number of piperazine rings is 1. The molecule has 6 nitrogen and oxygen atoms in total. The van der Waals surface area contributed by atoms with E-state index >= 15 is 4.39 Å². The van der Waals surface area contributed by atoms with Gasteiger partial charge < -0.3 is 19.5 Å². The first-order valence-electron chi connectivity index (χ1n) is 12.1. The third-order valence-electron chi connectivity index (χ3n) is 6.80. The normalized spacial score (nSPS) is 18.4. The SMILES string of the molecule is COc1c(N2CCNC(C)C2)c(F)cc2c(=O)c(C(=O)/C=C/c3ccc(C)cc3)cn(C3CC3)c12. The summed E-state index contributed by atoms with van der Waals surface area (Å²) in [4.78, 5) is 28.5. The molecule has 0 amide bonds. The maximum absolute atomic E-state index is 15.6. The Balaban J connectivity index is 1.64. The highest BCUT2D eigenvalue weighted by Gasteiger charge is 2.31. The van der Waals surface area contributed by atoms with Crippen molar-refractivity contribution in [2.45, 2.75) is 38.8 Å². The van der Waals surface area contributed by atoms with E-state index in [0.29, 0.717) is 30.0 Å². The molecule has 1 N–H and O–H groups in total. The van der Waals surface area contributed by atoms with Crippen LogP contribution in [0.25, 0.3) is 17.0 Å². The summed E-state index contributed by atoms with van der Waals surface area (Å²) in [5.74, 6) is -0.554. The number of hydrogen-bond donors (Lipinski definition) is 1. The number of ether oxygens (including phenoxy) is 1. The largest absolute Gasteiger partial charge is 0.492 e. The van der Waals surface area contributed by atoms with Crippen molar-refractivity contribution in [3.05, 3.63) is 75.3 Å². The number of fused-ring (bicyclic) bond motifs is 1. The van der Waals surface area contributed by atoms with Gasteiger partial charge in [0.15, 0.2) is 17.3 Å². The lowest BCUT2D eigenvalue weighted by atomic mass is 10.0. The van der Waals surface area contributed by atoms with Crippen LogP contribution in [-0.2, 0) is 0 Å². The van der Waals surface area contributed by atoms with E-state index in [9.17, 15) is 9.59 Å². The maximum atomic E-state index is 15.6. The van der Waals surface area contributed by atoms with E-state index in [0.717, 1.165) is 30.5 Å². The molecule has 0 radical (unpaired) electrons. The van der Waals surface area contributed by atoms with Gasteiger partial charge in [0.25, 0.3) is 0 Å². The lowest BCUT2D eigenvalue weighted by molar-refractivity contribution is 0.104. The number of nitrogens with zero attached hydrogens (tertiary/aromatic N) is 2. The molecule has 35 heavy (non-hydrogen) atoms. The number of aromatic nitrogens is 1. The van der Waals surface area contributed by atoms with Crippen LogP contribution in [0.1, 0.15) is 47.3 Å². The lowest BCUT2D eigenvalue weighted by Crippen LogP contribution is -2.49. The Bertz CT molecular complexity index is 1370. The average molecular weight is 476 g/mol. The molecule has 2 aromatic carbocycles. The number of benzene rings is 2. The number of pyridine rings is 1. The Kier molecular flexibility index (Phi) is 6.19. The van der Waals surface area contributed by atoms with E-state index in [-0.39, 0.29) is 23.0 Å². The van der Waals surface area contributed by atoms with Gasteiger partial charge in [-0.3, -0.25) is 9.59 Å². The number of rotatable bonds is 6. The number of ketones is 1. The second-order valence-corrected chi connectivity index (χ2v) is 9.56. The molecule has 182 valence electrons. The predicted octanol–water partition coefficient (Wildman–Crippen LogP) is 4.49. The summed E-state index contributed by atoms with van der Waals surface area (Å²) >= 11 is 0. The predicted molar refractivity (Wildman–Crippen MR) is 137 cm³/mol. The van der Waals surface area contributed by atoms with Crippen molar-refractivity contribution in [1.29, 1.82) is 0 Å². The zero-order valence-corrected chi connectivity index (χ0v) is 20.3. The van der Waals surface area contributed by atoms with Gasteiger partial charge in [-0.05, 0) is 44.4 Å². The number of hydrogen-bond acceptors (Lipinski definition) is 5. The van der Waals surface area contributed by atoms with Gasteiger partial charge in [-0.25, -0.2) is 4.39 Å². The van der Waals surface area contributed by atoms with Gasteiger partial charge in [-0.1, -0.05) is 35.9 Å². The number of allylic oxidation sites excluding steroid dienone is 1. The van der Waals surface area contributed by atoms with Gasteiger partial charge in [0.2, 0.25) is 5.43 Å². The highest BCUT2D eigenvalue weighted by molar-refractivity contribution is 6.08. The van der Waals surface area contributed by atoms with Crippen molar-refractivity contribution in [1.82, 2.24) is 9.88 Å². The van der Waals surface area contributed by atoms with Gasteiger partial charge in [0.05, 0.1) is 23.6 Å². The Labute approximate surface area is 204 Å². The van der Waals surface area contributed by atoms with Crippen LogP contribution in [0.2, 0.25) is 0 Å². The monoisotopic (exact) mass is 475 g/mol. The van der Waals surface area contributed by atoms with Gasteiger partial charge in [0, 0.05) is 37.9 Å². The first kappa shape index (κ1) is 23.3. The molecule has 0 bridgehead atoms. The molecule has 2 aliphatic rings. The number of carbonyl (C=O) groups excluding carboxylic acids is 1. The van der Waals surface area contributed by atoms with E-state index < -0.39 is 17.0 Å². The third-order valence-corrected chi connectivity index (χ3v) is 6.80. The molecule has 1 aliphatic heterocycles. The first-order chi connectivity index (χ1) is 16.9. The number of anilines is 1. The molecule has 1 aromatic heterocycles. The van der Waals surface area contributed by atoms with Gasteiger partial charge >= 0.3 is 0 Å². The number of aryl methyl sites for hydroxylation is 1. The molecule has 7 heteroatoms. The van der Waals surface area contributed by atoms with E-state index in [2.05, 4.69) is 12.2 Å². The molecule has 3 aromatic rings. The number of methoxy groups -OCH3 is 1. The van der Waals surface area contributed by atoms with Crippen molar-refractivity contribution in [3.63, 3.8) is 0 Å². The molecule has 1 aliphatic carbocycles. The van der Waals surface area contributed by atoms with Gasteiger partial charge in [0.1, 0.15) is 5.69 Å².